The smallest absolute Gasteiger partial charge is 0.0623 e. The first-order valence-corrected chi connectivity index (χ1v) is 48.0. The van der Waals surface area contributed by atoms with Crippen LogP contribution in [0.1, 0.15) is 207 Å². The predicted molar refractivity (Wildman–Crippen MR) is 523 cm³/mol. The topological polar surface area (TPSA) is 431 Å². The molecular weight excluding hydrogens is 2020 g/mol. The van der Waals surface area contributed by atoms with Gasteiger partial charge in [0, 0.05) is 121 Å². The van der Waals surface area contributed by atoms with Crippen molar-refractivity contribution in [2.45, 2.75) is 169 Å². The normalized spacial score (nSPS) is 18.3. The third-order valence-corrected chi connectivity index (χ3v) is 17.8. The summed E-state index contributed by atoms with van der Waals surface area (Å²) < 4.78 is 461. The number of halogens is 11. The number of ether oxygens (including phenoxy) is 5. The standard InChI is InChI=1S/C25H24ClN5O4S.C15H10Cl2N4O2.C10H13ClO2S.C10H15NO2S.C10H14.C6H6.C4H8O.C4H10O.CHCl3.CH4.ClHO3S.3ClH.Fe.H3N.H2O/c1-25(2,3)16-10-12-17(13-11-16)36(32,33)31-22-20(35-19-9-6-5-8-18(19)34-4)21(26)29-24(30-22)23-27-14-7-15-28-23;1-22-9-5-2-3-6-10(9)23-11-12(16)20-15(21-13(11)17)14-18-7-4-8-19-14;2*1-10(2,3)8-4-6-9(7-5-8)14(11,12)13;1-10(2,3)9-7-5-4-6-8-9;1-2-4-6-5-3-1;1-2-4-5-3-1;1-4(2,3)5;2-1(3)4;;1-5(2,3)4;;;;;;/h5-15H,1-4H3,(H,29,30,31);2-8H,1H3;4-7H,1-3H3;4-7H,1-3H3,(H2,11,12,13);4-8H,1-3H3;1-6H;1-4H2;5H,1-3H3;1H;1H4;(H,2,3,4);3*1H;;1H3;1H2/q;;;;;;;;;;;;;;+3;;/p-3/i1D3,2D3,3D3;;3*1D3,2D3,3D3;;;1D3,2D3,3D3;;;;;;;;;. The first-order chi connectivity index (χ1) is 77.0. The van der Waals surface area contributed by atoms with E-state index in [9.17, 15) is 30.4 Å². The molecule has 0 unspecified atom stereocenters. The molecule has 0 spiro atoms. The van der Waals surface area contributed by atoms with Crippen molar-refractivity contribution in [2.75, 3.05) is 32.2 Å². The second kappa shape index (κ2) is 59.7. The molecule has 0 aliphatic carbocycles. The van der Waals surface area contributed by atoms with Crippen molar-refractivity contribution in [3.63, 3.8) is 0 Å². The number of anilines is 1. The minimum atomic E-state index is -4.60. The van der Waals surface area contributed by atoms with Gasteiger partial charge in [0.25, 0.3) is 19.1 Å². The molecular formula is C86H111Cl11FeN11O16S4. The van der Waals surface area contributed by atoms with Crippen molar-refractivity contribution in [3.05, 3.63) is 263 Å². The van der Waals surface area contributed by atoms with Gasteiger partial charge in [0.05, 0.1) is 34.5 Å². The van der Waals surface area contributed by atoms with Crippen LogP contribution in [0.2, 0.25) is 15.5 Å². The van der Waals surface area contributed by atoms with Crippen LogP contribution in [0.25, 0.3) is 23.3 Å². The van der Waals surface area contributed by atoms with Gasteiger partial charge in [-0.05, 0) is 150 Å². The first kappa shape index (κ1) is 65.7. The van der Waals surface area contributed by atoms with Gasteiger partial charge in [0.2, 0.25) is 33.2 Å². The minimum absolute atomic E-state index is 0. The number of aliphatic hydroxyl groups is 1. The van der Waals surface area contributed by atoms with Crippen LogP contribution in [0.15, 0.2) is 240 Å². The molecule has 12 rings (SSSR count). The molecule has 715 valence electrons. The Morgan fingerprint density at radius 3 is 1.01 bits per heavy atom. The van der Waals surface area contributed by atoms with Crippen molar-refractivity contribution >= 4 is 166 Å². The molecule has 11 aromatic rings. The van der Waals surface area contributed by atoms with Crippen LogP contribution in [-0.2, 0) is 76.0 Å². The Morgan fingerprint density at radius 1 is 0.442 bits per heavy atom. The molecule has 0 amide bonds. The summed E-state index contributed by atoms with van der Waals surface area (Å²) >= 11 is 31.9. The van der Waals surface area contributed by atoms with Gasteiger partial charge in [-0.15, -0.1) is 0 Å². The van der Waals surface area contributed by atoms with Crippen LogP contribution in [0.4, 0.5) is 5.82 Å². The summed E-state index contributed by atoms with van der Waals surface area (Å²) in [4.78, 5) is 31.5. The van der Waals surface area contributed by atoms with Crippen LogP contribution >= 0.6 is 121 Å². The SMILES string of the molecule is C.C1CCOC1.COc1ccccc1Oc1c(Cl)nc(-c2ncccn2)nc1Cl.ClC(Cl)Cl.N.O.O=S(=O)(O)Cl.[2H]C([2H])([2H])C(O)(C([2H])([2H])[2H])C([2H])([2H])[2H].[2H]C([2H])([2H])C(c1ccc(S(=O)(=O)Cl)cc1)(C([2H])([2H])[2H])C([2H])([2H])[2H].[2H]C([2H])([2H])C(c1ccc(S(=O)(=O)Nc2nc(-c3ncccn3)nc(Cl)c2Oc2ccccc2OC)cc1)(C([2H])([2H])[2H])C([2H])([2H])[2H].[2H]C([2H])([2H])C(c1ccc(S(N)(=O)=O)cc1)(C([2H])([2H])[2H])C([2H])([2H])[2H].[2H]C([2H])([2H])C(c1ccccc1)(C([2H])([2H])[2H])C([2H])([2H])[2H].[Cl][Fe]([Cl])[Cl].c1ccccc1. The largest absolute Gasteiger partial charge is 0.0623 e. The van der Waals surface area contributed by atoms with E-state index in [-0.39, 0.29) is 80.5 Å². The van der Waals surface area contributed by atoms with E-state index in [4.69, 9.17) is 214 Å². The van der Waals surface area contributed by atoms with Crippen LogP contribution in [0, 0.1) is 0 Å². The third-order valence-electron chi connectivity index (χ3n) is 13.4. The number of nitrogens with two attached hydrogens (primary N) is 1. The molecule has 7 aromatic carbocycles. The number of hydrogen-bond donors (Lipinski definition) is 5. The molecule has 10 N–H and O–H groups in total. The maximum Gasteiger partial charge on any atom is -0.0623 e. The van der Waals surface area contributed by atoms with Gasteiger partial charge >= 0.3 is 50.8 Å². The average Bonchev–Trinajstić information content (AvgIpc) is 0.737. The van der Waals surface area contributed by atoms with Gasteiger partial charge in [-0.1, -0.05) is 287 Å². The van der Waals surface area contributed by atoms with Gasteiger partial charge in [0.1, 0.15) is 0 Å². The summed E-state index contributed by atoms with van der Waals surface area (Å²) in [6.45, 7) is -49.0. The molecule has 0 bridgehead atoms. The number of aromatic nitrogens is 8. The molecule has 1 aliphatic rings. The van der Waals surface area contributed by atoms with Crippen LogP contribution in [-0.4, -0.2) is 126 Å². The Kier molecular flexibility index (Phi) is 30.4. The summed E-state index contributed by atoms with van der Waals surface area (Å²) in [5, 5.41) is 14.0. The number of hydrogen-bond acceptors (Lipinski definition) is 23. The number of rotatable bonds is 13. The summed E-state index contributed by atoms with van der Waals surface area (Å²) in [7, 11) is 9.78. The molecule has 1 fully saturated rings. The van der Waals surface area contributed by atoms with Crippen molar-refractivity contribution < 1.29 is 145 Å². The molecule has 5 heterocycles. The Labute approximate surface area is 879 Å². The number of methoxy groups -OCH3 is 2. The van der Waals surface area contributed by atoms with Gasteiger partial charge in [0.15, 0.2) is 60.2 Å². The van der Waals surface area contributed by atoms with E-state index in [1.165, 1.54) is 75.9 Å². The van der Waals surface area contributed by atoms with E-state index < -0.39 is 221 Å². The Morgan fingerprint density at radius 2 is 0.721 bits per heavy atom. The zero-order chi connectivity index (χ0) is 133. The second-order valence-electron chi connectivity index (χ2n) is 23.1. The van der Waals surface area contributed by atoms with Crippen molar-refractivity contribution in [2.24, 2.45) is 5.14 Å². The van der Waals surface area contributed by atoms with E-state index in [2.05, 4.69) is 55.3 Å². The second-order valence-corrected chi connectivity index (χ2v) is 39.5. The Hall–Kier alpha value is -6.87. The monoisotopic (exact) mass is 2170 g/mol. The number of para-hydroxylation sites is 4. The van der Waals surface area contributed by atoms with Crippen LogP contribution in [0.3, 0.4) is 0 Å². The zero-order valence-corrected chi connectivity index (χ0v) is 78.2. The van der Waals surface area contributed by atoms with E-state index in [0.717, 1.165) is 86.0 Å². The Balaban J connectivity index is 0. The molecule has 1 aliphatic heterocycles. The number of nitrogens with one attached hydrogen (secondary N) is 1. The molecule has 0 saturated carbocycles. The van der Waals surface area contributed by atoms with Crippen molar-refractivity contribution in [3.8, 4) is 57.8 Å². The third kappa shape index (κ3) is 53.6. The van der Waals surface area contributed by atoms with E-state index in [0.29, 0.717) is 17.3 Å². The molecule has 0 radical (unpaired) electrons. The maximum atomic E-state index is 13.6. The van der Waals surface area contributed by atoms with Gasteiger partial charge in [-0.25, -0.2) is 70.3 Å². The molecule has 4 aromatic heterocycles. The number of nitrogens with zero attached hydrogens (tertiary/aromatic N) is 8. The molecule has 27 nitrogen and oxygen atoms in total. The van der Waals surface area contributed by atoms with E-state index >= 15 is 0 Å². The first-order valence-electron chi connectivity index (χ1n) is 55.9. The van der Waals surface area contributed by atoms with Crippen molar-refractivity contribution in [1.29, 1.82) is 0 Å². The van der Waals surface area contributed by atoms with Gasteiger partial charge < -0.3 is 40.4 Å². The zero-order valence-electron chi connectivity index (χ0n) is 110. The fraction of sp³-hybridized carbons (Fsp3) is 0.326. The molecule has 0 atom stereocenters. The van der Waals surface area contributed by atoms with Crippen LogP contribution < -0.4 is 35.0 Å². The Bertz CT molecular complexity index is 6990. The van der Waals surface area contributed by atoms with Gasteiger partial charge in [-0.3, -0.25) is 9.27 Å². The maximum absolute atomic E-state index is 13.6. The van der Waals surface area contributed by atoms with Gasteiger partial charge in [-0.2, -0.15) is 8.42 Å². The van der Waals surface area contributed by atoms with E-state index in [1.807, 2.05) is 42.5 Å². The minimum Gasteiger partial charge on any atom is -0.0623 e. The molecule has 129 heavy (non-hydrogen) atoms. The van der Waals surface area contributed by atoms with Crippen molar-refractivity contribution in [1.82, 2.24) is 46.0 Å². The van der Waals surface area contributed by atoms with Crippen LogP contribution in [0.5, 0.6) is 34.5 Å². The quantitative estimate of drug-likeness (QED) is 0.0235. The fourth-order valence-corrected chi connectivity index (χ4v) is 11.1. The molecule has 1 saturated heterocycles. The average molecular weight is 2170 g/mol. The predicted octanol–water partition coefficient (Wildman–Crippen LogP) is 24.4. The summed E-state index contributed by atoms with van der Waals surface area (Å²) in [6, 6.07) is 45.9. The summed E-state index contributed by atoms with van der Waals surface area (Å²) in [5.74, 6) is 1.12. The fourth-order valence-electron chi connectivity index (χ4n) is 8.14. The summed E-state index contributed by atoms with van der Waals surface area (Å²) in [5.41, 5.74) is -18.2. The number of benzene rings is 7. The number of sulfonamides is 2. The molecule has 43 heteroatoms. The summed E-state index contributed by atoms with van der Waals surface area (Å²) in [6.07, 6.45) is 8.52. The number of alkyl halides is 3. The van der Waals surface area contributed by atoms with E-state index in [1.54, 1.807) is 60.9 Å². The number of primary sulfonamides is 1.